The van der Waals surface area contributed by atoms with Crippen molar-refractivity contribution in [3.8, 4) is 0 Å². The van der Waals surface area contributed by atoms with Crippen LogP contribution in [0.25, 0.3) is 0 Å². The van der Waals surface area contributed by atoms with E-state index < -0.39 is 42.2 Å². The van der Waals surface area contributed by atoms with Gasteiger partial charge in [-0.2, -0.15) is 9.78 Å². The largest absolute Gasteiger partial charge is 0.391 e. The van der Waals surface area contributed by atoms with Crippen LogP contribution in [0, 0.1) is 0 Å². The number of aliphatic hydroxyl groups is 1. The molecule has 0 rings (SSSR count). The lowest BCUT2D eigenvalue weighted by molar-refractivity contribution is -0.364. The molecule has 0 heterocycles. The second-order valence-electron chi connectivity index (χ2n) is 3.88. The van der Waals surface area contributed by atoms with E-state index in [0.29, 0.717) is 0 Å². The highest BCUT2D eigenvalue weighted by Gasteiger charge is 2.39. The van der Waals surface area contributed by atoms with Gasteiger partial charge in [-0.3, -0.25) is 14.6 Å². The van der Waals surface area contributed by atoms with E-state index in [9.17, 15) is 24.3 Å². The molecule has 0 fully saturated rings. The molecular weight excluding hydrogens is 292 g/mol. The summed E-state index contributed by atoms with van der Waals surface area (Å²) in [5.41, 5.74) is 0. The normalized spacial score (nSPS) is 14.5. The fourth-order valence-electron chi connectivity index (χ4n) is 1.05. The molecule has 10 heteroatoms. The zero-order valence-corrected chi connectivity index (χ0v) is 11.9. The summed E-state index contributed by atoms with van der Waals surface area (Å²) < 4.78 is 4.26. The molecule has 0 aliphatic carbocycles. The third-order valence-electron chi connectivity index (χ3n) is 1.80. The highest BCUT2D eigenvalue weighted by Crippen LogP contribution is 2.13. The van der Waals surface area contributed by atoms with Gasteiger partial charge in [0, 0.05) is 20.8 Å². The van der Waals surface area contributed by atoms with E-state index in [-0.39, 0.29) is 0 Å². The summed E-state index contributed by atoms with van der Waals surface area (Å²) >= 11 is 0. The molecule has 3 atom stereocenters. The van der Waals surface area contributed by atoms with E-state index in [0.717, 1.165) is 20.8 Å². The highest BCUT2D eigenvalue weighted by atomic mass is 17.2. The molecule has 120 valence electrons. The van der Waals surface area contributed by atoms with Crippen molar-refractivity contribution in [2.45, 2.75) is 46.0 Å². The van der Waals surface area contributed by atoms with Gasteiger partial charge in [-0.1, -0.05) is 0 Å². The average molecular weight is 308 g/mol. The maximum atomic E-state index is 11.7. The minimum absolute atomic E-state index is 0.869. The Morgan fingerprint density at radius 1 is 0.857 bits per heavy atom. The highest BCUT2D eigenvalue weighted by molar-refractivity contribution is 5.87. The Hall–Kier alpha value is -2.04. The molecule has 0 spiro atoms. The van der Waals surface area contributed by atoms with Crippen molar-refractivity contribution < 1.29 is 48.6 Å². The predicted octanol–water partition coefficient (Wildman–Crippen LogP) is -0.817. The maximum Gasteiger partial charge on any atom is 0.350 e. The smallest absolute Gasteiger partial charge is 0.350 e. The van der Waals surface area contributed by atoms with Gasteiger partial charge in [0.25, 0.3) is 0 Å². The molecule has 0 aliphatic heterocycles. The third-order valence-corrected chi connectivity index (χ3v) is 1.80. The molecule has 0 saturated heterocycles. The summed E-state index contributed by atoms with van der Waals surface area (Å²) in [6.45, 7) is 4.12. The summed E-state index contributed by atoms with van der Waals surface area (Å²) in [4.78, 5) is 61.2. The van der Waals surface area contributed by atoms with E-state index in [1.807, 2.05) is 0 Å². The van der Waals surface area contributed by atoms with Gasteiger partial charge in [0.15, 0.2) is 6.10 Å². The number of carbonyl (C=O) groups is 4. The molecule has 0 aromatic carbocycles. The number of hydrogen-bond donors (Lipinski definition) is 1. The first-order chi connectivity index (χ1) is 9.65. The molecule has 0 aromatic heterocycles. The SMILES string of the molecule is CC(=O)OO[C@H]([C@@H](C)O)[C@@H](OOC(C)=O)C(=O)OC(C)=O. The average Bonchev–Trinajstić information content (AvgIpc) is 2.30. The quantitative estimate of drug-likeness (QED) is 0.275. The minimum Gasteiger partial charge on any atom is -0.391 e. The maximum absolute atomic E-state index is 11.7. The summed E-state index contributed by atoms with van der Waals surface area (Å²) in [5.74, 6) is -4.05. The summed E-state index contributed by atoms with van der Waals surface area (Å²) in [6, 6.07) is 0. The van der Waals surface area contributed by atoms with Crippen molar-refractivity contribution in [1.29, 1.82) is 0 Å². The Bertz CT molecular complexity index is 402. The standard InChI is InChI=1S/C11H16O10/c1-5(12)9(20-18-7(3)14)10(21-19-8(4)15)11(16)17-6(2)13/h5,9-10,12H,1-4H3/t5-,9-,10-/m1/s1. The molecule has 0 amide bonds. The second-order valence-corrected chi connectivity index (χ2v) is 3.88. The molecule has 10 nitrogen and oxygen atoms in total. The monoisotopic (exact) mass is 308 g/mol. The number of hydrogen-bond acceptors (Lipinski definition) is 10. The fourth-order valence-corrected chi connectivity index (χ4v) is 1.05. The van der Waals surface area contributed by atoms with Crippen molar-refractivity contribution in [1.82, 2.24) is 0 Å². The number of ether oxygens (including phenoxy) is 1. The van der Waals surface area contributed by atoms with E-state index in [1.54, 1.807) is 0 Å². The number of aliphatic hydroxyl groups excluding tert-OH is 1. The molecule has 0 unspecified atom stereocenters. The van der Waals surface area contributed by atoms with E-state index in [2.05, 4.69) is 24.3 Å². The number of esters is 2. The summed E-state index contributed by atoms with van der Waals surface area (Å²) in [6.07, 6.45) is -4.85. The van der Waals surface area contributed by atoms with E-state index in [1.165, 1.54) is 6.92 Å². The Kier molecular flexibility index (Phi) is 8.12. The van der Waals surface area contributed by atoms with E-state index in [4.69, 9.17) is 0 Å². The van der Waals surface area contributed by atoms with Gasteiger partial charge in [-0.15, -0.1) is 0 Å². The predicted molar refractivity (Wildman–Crippen MR) is 61.7 cm³/mol. The zero-order valence-electron chi connectivity index (χ0n) is 11.9. The van der Waals surface area contributed by atoms with Crippen LogP contribution >= 0.6 is 0 Å². The Labute approximate surface area is 119 Å². The molecule has 1 N–H and O–H groups in total. The first kappa shape index (κ1) is 19.0. The number of carbonyl (C=O) groups excluding carboxylic acids is 4. The summed E-state index contributed by atoms with van der Waals surface area (Å²) in [7, 11) is 0. The molecule has 0 saturated carbocycles. The fraction of sp³-hybridized carbons (Fsp3) is 0.636. The lowest BCUT2D eigenvalue weighted by Crippen LogP contribution is -2.46. The first-order valence-electron chi connectivity index (χ1n) is 5.73. The lowest BCUT2D eigenvalue weighted by atomic mass is 10.1. The van der Waals surface area contributed by atoms with Crippen LogP contribution in [-0.2, 0) is 43.5 Å². The molecular formula is C11H16O10. The molecule has 0 bridgehead atoms. The van der Waals surface area contributed by atoms with Crippen LogP contribution in [-0.4, -0.2) is 47.3 Å². The van der Waals surface area contributed by atoms with Gasteiger partial charge in [-0.05, 0) is 6.92 Å². The molecule has 0 aliphatic rings. The van der Waals surface area contributed by atoms with Crippen LogP contribution in [0.15, 0.2) is 0 Å². The first-order valence-corrected chi connectivity index (χ1v) is 5.73. The van der Waals surface area contributed by atoms with Crippen LogP contribution in [0.3, 0.4) is 0 Å². The van der Waals surface area contributed by atoms with Gasteiger partial charge in [-0.25, -0.2) is 14.4 Å². The van der Waals surface area contributed by atoms with Gasteiger partial charge in [0.05, 0.1) is 6.10 Å². The third kappa shape index (κ3) is 7.97. The van der Waals surface area contributed by atoms with Crippen molar-refractivity contribution in [2.75, 3.05) is 0 Å². The van der Waals surface area contributed by atoms with E-state index >= 15 is 0 Å². The van der Waals surface area contributed by atoms with Crippen molar-refractivity contribution in [3.05, 3.63) is 0 Å². The summed E-state index contributed by atoms with van der Waals surface area (Å²) in [5, 5.41) is 9.51. The zero-order chi connectivity index (χ0) is 16.6. The Balaban J connectivity index is 5.07. The van der Waals surface area contributed by atoms with Crippen LogP contribution in [0.1, 0.15) is 27.7 Å². The van der Waals surface area contributed by atoms with Crippen LogP contribution < -0.4 is 0 Å². The van der Waals surface area contributed by atoms with Crippen LogP contribution in [0.5, 0.6) is 0 Å². The van der Waals surface area contributed by atoms with Crippen LogP contribution in [0.2, 0.25) is 0 Å². The topological polar surface area (TPSA) is 135 Å². The number of rotatable bonds is 7. The van der Waals surface area contributed by atoms with Gasteiger partial charge in [0.1, 0.15) is 0 Å². The molecule has 21 heavy (non-hydrogen) atoms. The van der Waals surface area contributed by atoms with Crippen molar-refractivity contribution in [3.63, 3.8) is 0 Å². The van der Waals surface area contributed by atoms with Crippen molar-refractivity contribution in [2.24, 2.45) is 0 Å². The van der Waals surface area contributed by atoms with Gasteiger partial charge < -0.3 is 9.84 Å². The molecule has 0 aromatic rings. The second kappa shape index (κ2) is 9.00. The van der Waals surface area contributed by atoms with Crippen LogP contribution in [0.4, 0.5) is 0 Å². The lowest BCUT2D eigenvalue weighted by Gasteiger charge is -2.23. The minimum atomic E-state index is -1.85. The van der Waals surface area contributed by atoms with Gasteiger partial charge in [0.2, 0.25) is 6.10 Å². The van der Waals surface area contributed by atoms with Gasteiger partial charge >= 0.3 is 23.9 Å². The van der Waals surface area contributed by atoms with Crippen molar-refractivity contribution >= 4 is 23.9 Å². The Morgan fingerprint density at radius 3 is 1.71 bits per heavy atom. The molecule has 0 radical (unpaired) electrons. The Morgan fingerprint density at radius 2 is 1.33 bits per heavy atom.